The van der Waals surface area contributed by atoms with Gasteiger partial charge < -0.3 is 11.5 Å². The molecule has 0 spiro atoms. The maximum atomic E-state index is 12.2. The normalized spacial score (nSPS) is 11.3. The molecule has 0 bridgehead atoms. The highest BCUT2D eigenvalue weighted by Gasteiger charge is 2.11. The highest BCUT2D eigenvalue weighted by molar-refractivity contribution is 6.08. The minimum absolute atomic E-state index is 0.159. The van der Waals surface area contributed by atoms with Crippen molar-refractivity contribution < 1.29 is 4.79 Å². The van der Waals surface area contributed by atoms with E-state index in [4.69, 9.17) is 11.5 Å². The average Bonchev–Trinajstić information content (AvgIpc) is 2.76. The van der Waals surface area contributed by atoms with E-state index in [1.54, 1.807) is 0 Å². The summed E-state index contributed by atoms with van der Waals surface area (Å²) in [5.41, 5.74) is 18.8. The van der Waals surface area contributed by atoms with Gasteiger partial charge >= 0.3 is 0 Å². The number of aryl methyl sites for hydroxylation is 4. The van der Waals surface area contributed by atoms with Crippen LogP contribution in [0.5, 0.6) is 0 Å². The largest absolute Gasteiger partial charge is 0.382 e. The van der Waals surface area contributed by atoms with Crippen molar-refractivity contribution in [2.75, 3.05) is 12.3 Å². The van der Waals surface area contributed by atoms with Gasteiger partial charge in [-0.2, -0.15) is 0 Å². The number of carbonyl (C=O) groups excluding carboxylic acids is 1. The molecule has 0 aliphatic heterocycles. The predicted octanol–water partition coefficient (Wildman–Crippen LogP) is 4.69. The number of rotatable bonds is 7. The lowest BCUT2D eigenvalue weighted by Gasteiger charge is -2.10. The Hall–Kier alpha value is -3.31. The monoisotopic (exact) mass is 412 g/mol. The lowest BCUT2D eigenvalue weighted by Crippen LogP contribution is -2.06. The molecule has 0 aliphatic carbocycles. The smallest absolute Gasteiger partial charge is 0.162 e. The fraction of sp³-hybridized carbons (Fsp3) is 0.269. The van der Waals surface area contributed by atoms with E-state index in [9.17, 15) is 4.79 Å². The number of nitrogen functional groups attached to an aromatic ring is 1. The molecular weight excluding hydrogens is 384 g/mol. The van der Waals surface area contributed by atoms with Gasteiger partial charge in [0.1, 0.15) is 5.52 Å². The Morgan fingerprint density at radius 3 is 2.61 bits per heavy atom. The van der Waals surface area contributed by atoms with Crippen LogP contribution in [0, 0.1) is 13.8 Å². The van der Waals surface area contributed by atoms with Gasteiger partial charge in [0.2, 0.25) is 0 Å². The molecule has 0 unspecified atom stereocenters. The Balaban J connectivity index is 1.58. The van der Waals surface area contributed by atoms with E-state index in [0.29, 0.717) is 18.8 Å². The number of aromatic nitrogens is 2. The minimum Gasteiger partial charge on any atom is -0.382 e. The summed E-state index contributed by atoms with van der Waals surface area (Å²) in [7, 11) is 0. The third-order valence-electron chi connectivity index (χ3n) is 5.83. The van der Waals surface area contributed by atoms with Gasteiger partial charge in [0.05, 0.1) is 5.52 Å². The lowest BCUT2D eigenvalue weighted by atomic mass is 9.96. The molecule has 158 valence electrons. The fourth-order valence-corrected chi connectivity index (χ4v) is 4.03. The number of ketones is 1. The predicted molar refractivity (Wildman–Crippen MR) is 127 cm³/mol. The Morgan fingerprint density at radius 1 is 1.00 bits per heavy atom. The summed E-state index contributed by atoms with van der Waals surface area (Å²) in [6.45, 7) is 4.66. The number of pyridine rings is 2. The maximum Gasteiger partial charge on any atom is 0.162 e. The van der Waals surface area contributed by atoms with E-state index in [-0.39, 0.29) is 5.78 Å². The van der Waals surface area contributed by atoms with Crippen LogP contribution in [0.3, 0.4) is 0 Å². The molecule has 5 heteroatoms. The first-order valence-corrected chi connectivity index (χ1v) is 10.7. The van der Waals surface area contributed by atoms with Gasteiger partial charge in [0, 0.05) is 29.0 Å². The summed E-state index contributed by atoms with van der Waals surface area (Å²) in [5.74, 6) is 0.623. The second-order valence-electron chi connectivity index (χ2n) is 8.21. The summed E-state index contributed by atoms with van der Waals surface area (Å²) in [6, 6.07) is 14.4. The zero-order valence-electron chi connectivity index (χ0n) is 18.1. The Labute approximate surface area is 182 Å². The molecule has 4 aromatic rings. The van der Waals surface area contributed by atoms with Gasteiger partial charge in [-0.15, -0.1) is 0 Å². The van der Waals surface area contributed by atoms with Crippen LogP contribution in [-0.2, 0) is 12.8 Å². The van der Waals surface area contributed by atoms with Crippen molar-refractivity contribution in [1.29, 1.82) is 0 Å². The zero-order chi connectivity index (χ0) is 22.0. The second kappa shape index (κ2) is 8.82. The van der Waals surface area contributed by atoms with Crippen LogP contribution in [0.4, 0.5) is 5.82 Å². The van der Waals surface area contributed by atoms with Gasteiger partial charge in [-0.1, -0.05) is 24.3 Å². The quantitative estimate of drug-likeness (QED) is 0.339. The minimum atomic E-state index is 0.159. The van der Waals surface area contributed by atoms with Crippen molar-refractivity contribution >= 4 is 33.4 Å². The van der Waals surface area contributed by atoms with Crippen molar-refractivity contribution in [2.24, 2.45) is 5.73 Å². The number of carbonyl (C=O) groups is 1. The summed E-state index contributed by atoms with van der Waals surface area (Å²) >= 11 is 0. The molecule has 0 aliphatic rings. The highest BCUT2D eigenvalue weighted by atomic mass is 16.1. The third kappa shape index (κ3) is 4.42. The first kappa shape index (κ1) is 20.9. The third-order valence-corrected chi connectivity index (χ3v) is 5.83. The van der Waals surface area contributed by atoms with Crippen molar-refractivity contribution in [3.63, 3.8) is 0 Å². The van der Waals surface area contributed by atoms with Crippen molar-refractivity contribution in [3.05, 3.63) is 76.5 Å². The summed E-state index contributed by atoms with van der Waals surface area (Å²) in [6.07, 6.45) is 4.86. The van der Waals surface area contributed by atoms with Crippen LogP contribution in [-0.4, -0.2) is 22.3 Å². The van der Waals surface area contributed by atoms with Crippen LogP contribution in [0.25, 0.3) is 21.8 Å². The molecule has 31 heavy (non-hydrogen) atoms. The molecule has 5 nitrogen and oxygen atoms in total. The van der Waals surface area contributed by atoms with E-state index in [1.165, 1.54) is 5.56 Å². The van der Waals surface area contributed by atoms with Crippen molar-refractivity contribution in [2.45, 2.75) is 39.5 Å². The molecule has 0 radical (unpaired) electrons. The molecular formula is C26H28N4O. The SMILES string of the molecule is Cc1ccc2c(c1)nc(N)c1ncc(CCc3ccc(C(=O)CCCN)cc3C)cc12. The Bertz CT molecular complexity index is 1280. The summed E-state index contributed by atoms with van der Waals surface area (Å²) in [5, 5.41) is 2.11. The number of hydrogen-bond acceptors (Lipinski definition) is 5. The van der Waals surface area contributed by atoms with E-state index in [0.717, 1.165) is 63.3 Å². The number of benzene rings is 2. The first-order valence-electron chi connectivity index (χ1n) is 10.7. The van der Waals surface area contributed by atoms with Gasteiger partial charge in [0.15, 0.2) is 11.6 Å². The molecule has 2 heterocycles. The van der Waals surface area contributed by atoms with E-state index in [1.807, 2.05) is 18.3 Å². The average molecular weight is 413 g/mol. The molecule has 0 saturated heterocycles. The molecule has 4 N–H and O–H groups in total. The number of fused-ring (bicyclic) bond motifs is 3. The summed E-state index contributed by atoms with van der Waals surface area (Å²) in [4.78, 5) is 21.4. The van der Waals surface area contributed by atoms with Crippen LogP contribution < -0.4 is 11.5 Å². The second-order valence-corrected chi connectivity index (χ2v) is 8.21. The zero-order valence-corrected chi connectivity index (χ0v) is 18.1. The van der Waals surface area contributed by atoms with Crippen LogP contribution in [0.15, 0.2) is 48.7 Å². The molecule has 2 aromatic carbocycles. The number of anilines is 1. The molecule has 4 rings (SSSR count). The van der Waals surface area contributed by atoms with E-state index >= 15 is 0 Å². The van der Waals surface area contributed by atoms with Gasteiger partial charge in [0.25, 0.3) is 0 Å². The number of nitrogens with zero attached hydrogens (tertiary/aromatic N) is 2. The van der Waals surface area contributed by atoms with Crippen LogP contribution in [0.2, 0.25) is 0 Å². The lowest BCUT2D eigenvalue weighted by molar-refractivity contribution is 0.0980. The molecule has 0 amide bonds. The Kier molecular flexibility index (Phi) is 5.96. The van der Waals surface area contributed by atoms with Crippen LogP contribution in [0.1, 0.15) is 45.5 Å². The van der Waals surface area contributed by atoms with Crippen molar-refractivity contribution in [3.8, 4) is 0 Å². The van der Waals surface area contributed by atoms with Gasteiger partial charge in [-0.3, -0.25) is 9.78 Å². The highest BCUT2D eigenvalue weighted by Crippen LogP contribution is 2.28. The van der Waals surface area contributed by atoms with E-state index in [2.05, 4.69) is 54.1 Å². The van der Waals surface area contributed by atoms with Gasteiger partial charge in [-0.25, -0.2) is 4.98 Å². The summed E-state index contributed by atoms with van der Waals surface area (Å²) < 4.78 is 0. The topological polar surface area (TPSA) is 94.9 Å². The molecule has 0 atom stereocenters. The van der Waals surface area contributed by atoms with Crippen LogP contribution >= 0.6 is 0 Å². The number of hydrogen-bond donors (Lipinski definition) is 2. The molecule has 0 fully saturated rings. The van der Waals surface area contributed by atoms with E-state index < -0.39 is 0 Å². The molecule has 0 saturated carbocycles. The standard InChI is InChI=1S/C26H28N4O/c1-16-5-10-21-22-14-18(15-29-25(22)26(28)30-23(21)12-16)6-7-19-8-9-20(13-17(19)2)24(31)4-3-11-27/h5,8-10,12-15H,3-4,6-7,11,27H2,1-2H3,(H2,28,30). The van der Waals surface area contributed by atoms with Crippen molar-refractivity contribution in [1.82, 2.24) is 9.97 Å². The fourth-order valence-electron chi connectivity index (χ4n) is 4.03. The van der Waals surface area contributed by atoms with Gasteiger partial charge in [-0.05, 0) is 80.1 Å². The number of nitrogens with two attached hydrogens (primary N) is 2. The first-order chi connectivity index (χ1) is 15.0. The Morgan fingerprint density at radius 2 is 1.84 bits per heavy atom. The maximum absolute atomic E-state index is 12.2. The molecule has 2 aromatic heterocycles. The number of Topliss-reactive ketones (excluding diaryl/α,β-unsaturated/α-hetero) is 1.